The molecule has 34 heavy (non-hydrogen) atoms. The van der Waals surface area contributed by atoms with Gasteiger partial charge in [-0.25, -0.2) is 0 Å². The van der Waals surface area contributed by atoms with Crippen molar-refractivity contribution >= 4 is 5.97 Å². The zero-order valence-corrected chi connectivity index (χ0v) is 22.5. The molecule has 4 heteroatoms. The zero-order chi connectivity index (χ0) is 25.3. The summed E-state index contributed by atoms with van der Waals surface area (Å²) in [5.41, 5.74) is 2.34. The third-order valence-corrected chi connectivity index (χ3v) is 11.7. The second-order valence-electron chi connectivity index (χ2n) is 13.8. The Morgan fingerprint density at radius 1 is 1.12 bits per heavy atom. The number of allylic oxidation sites excluding steroid dienone is 4. The van der Waals surface area contributed by atoms with Gasteiger partial charge in [0.1, 0.15) is 0 Å². The molecular formula is C30H48O4. The average Bonchev–Trinajstić information content (AvgIpc) is 2.94. The molecule has 4 aliphatic carbocycles. The van der Waals surface area contributed by atoms with Crippen molar-refractivity contribution in [2.24, 2.45) is 45.3 Å². The van der Waals surface area contributed by atoms with E-state index in [0.29, 0.717) is 24.7 Å². The van der Waals surface area contributed by atoms with Crippen LogP contribution in [0, 0.1) is 45.3 Å². The predicted molar refractivity (Wildman–Crippen MR) is 136 cm³/mol. The van der Waals surface area contributed by atoms with Gasteiger partial charge in [0, 0.05) is 5.92 Å². The molecule has 192 valence electrons. The van der Waals surface area contributed by atoms with Crippen LogP contribution in [0.4, 0.5) is 0 Å². The Morgan fingerprint density at radius 3 is 2.41 bits per heavy atom. The van der Waals surface area contributed by atoms with Crippen molar-refractivity contribution < 1.29 is 20.1 Å². The quantitative estimate of drug-likeness (QED) is 0.406. The maximum absolute atomic E-state index is 12.5. The minimum absolute atomic E-state index is 0.103. The van der Waals surface area contributed by atoms with E-state index in [1.54, 1.807) is 0 Å². The van der Waals surface area contributed by atoms with E-state index in [2.05, 4.69) is 60.6 Å². The van der Waals surface area contributed by atoms with Gasteiger partial charge in [0.2, 0.25) is 0 Å². The van der Waals surface area contributed by atoms with E-state index in [9.17, 15) is 20.1 Å². The Balaban J connectivity index is 1.71. The lowest BCUT2D eigenvalue weighted by molar-refractivity contribution is -0.151. The van der Waals surface area contributed by atoms with Crippen LogP contribution in [0.2, 0.25) is 0 Å². The van der Waals surface area contributed by atoms with Crippen molar-refractivity contribution in [2.45, 2.75) is 112 Å². The van der Waals surface area contributed by atoms with Crippen LogP contribution in [0.5, 0.6) is 0 Å². The van der Waals surface area contributed by atoms with E-state index in [-0.39, 0.29) is 33.7 Å². The number of carboxylic acid groups (broad SMARTS) is 1. The van der Waals surface area contributed by atoms with Gasteiger partial charge >= 0.3 is 5.97 Å². The summed E-state index contributed by atoms with van der Waals surface area (Å²) < 4.78 is 0. The van der Waals surface area contributed by atoms with Gasteiger partial charge in [-0.1, -0.05) is 57.9 Å². The van der Waals surface area contributed by atoms with Gasteiger partial charge in [0.05, 0.1) is 18.1 Å². The first-order valence-electron chi connectivity index (χ1n) is 13.6. The molecule has 3 fully saturated rings. The van der Waals surface area contributed by atoms with E-state index in [4.69, 9.17) is 0 Å². The number of aliphatic carboxylic acids is 1. The molecule has 0 spiro atoms. The van der Waals surface area contributed by atoms with Crippen molar-refractivity contribution in [1.29, 1.82) is 0 Å². The molecule has 0 aromatic rings. The summed E-state index contributed by atoms with van der Waals surface area (Å²) in [5.74, 6) is -0.603. The number of rotatable bonds is 5. The number of aliphatic hydroxyl groups excluding tert-OH is 2. The van der Waals surface area contributed by atoms with Gasteiger partial charge in [-0.05, 0) is 98.7 Å². The summed E-state index contributed by atoms with van der Waals surface area (Å²) in [6.07, 6.45) is 10.6. The fourth-order valence-electron chi connectivity index (χ4n) is 9.53. The lowest BCUT2D eigenvalue weighted by Crippen LogP contribution is -2.58. The zero-order valence-electron chi connectivity index (χ0n) is 22.5. The van der Waals surface area contributed by atoms with E-state index in [0.717, 1.165) is 38.5 Å². The van der Waals surface area contributed by atoms with Crippen molar-refractivity contribution in [3.63, 3.8) is 0 Å². The molecule has 0 aliphatic heterocycles. The Kier molecular flexibility index (Phi) is 6.47. The van der Waals surface area contributed by atoms with Crippen LogP contribution in [0.3, 0.4) is 0 Å². The molecule has 0 saturated heterocycles. The van der Waals surface area contributed by atoms with E-state index in [1.807, 2.05) is 0 Å². The maximum atomic E-state index is 12.5. The van der Waals surface area contributed by atoms with Crippen molar-refractivity contribution in [1.82, 2.24) is 0 Å². The lowest BCUT2D eigenvalue weighted by atomic mass is 9.41. The maximum Gasteiger partial charge on any atom is 0.306 e. The van der Waals surface area contributed by atoms with Crippen LogP contribution in [-0.2, 0) is 4.79 Å². The van der Waals surface area contributed by atoms with Gasteiger partial charge in [0.15, 0.2) is 0 Å². The van der Waals surface area contributed by atoms with E-state index < -0.39 is 18.0 Å². The minimum atomic E-state index is -0.758. The summed E-state index contributed by atoms with van der Waals surface area (Å²) >= 11 is 0. The fourth-order valence-corrected chi connectivity index (χ4v) is 9.53. The normalized spacial score (nSPS) is 45.9. The SMILES string of the molecule is CC(C)=CCC[C@H](C(=O)O)[C@@H]1[C@@H](O)C[C@]2(C)C3=CC[C@H]4C(C)(C)[C@H](O)CC[C@]4(C)[C@H]3CC[C@@]12C. The molecule has 4 aliphatic rings. The molecule has 4 nitrogen and oxygen atoms in total. The highest BCUT2D eigenvalue weighted by molar-refractivity contribution is 5.71. The van der Waals surface area contributed by atoms with Crippen LogP contribution >= 0.6 is 0 Å². The molecule has 0 radical (unpaired) electrons. The molecule has 0 aromatic carbocycles. The van der Waals surface area contributed by atoms with Crippen molar-refractivity contribution in [2.75, 3.05) is 0 Å². The third-order valence-electron chi connectivity index (χ3n) is 11.7. The van der Waals surface area contributed by atoms with Crippen LogP contribution < -0.4 is 0 Å². The highest BCUT2D eigenvalue weighted by atomic mass is 16.4. The third kappa shape index (κ3) is 3.57. The fraction of sp³-hybridized carbons (Fsp3) is 0.833. The molecule has 0 amide bonds. The van der Waals surface area contributed by atoms with Gasteiger partial charge in [-0.2, -0.15) is 0 Å². The molecule has 4 rings (SSSR count). The van der Waals surface area contributed by atoms with Crippen LogP contribution in [0.1, 0.15) is 99.8 Å². The Morgan fingerprint density at radius 2 is 1.79 bits per heavy atom. The summed E-state index contributed by atoms with van der Waals surface area (Å²) in [7, 11) is 0. The second kappa shape index (κ2) is 8.47. The smallest absolute Gasteiger partial charge is 0.306 e. The topological polar surface area (TPSA) is 77.8 Å². The summed E-state index contributed by atoms with van der Waals surface area (Å²) in [4.78, 5) is 12.5. The van der Waals surface area contributed by atoms with Gasteiger partial charge in [0.25, 0.3) is 0 Å². The first kappa shape index (κ1) is 25.9. The molecule has 3 saturated carbocycles. The van der Waals surface area contributed by atoms with E-state index in [1.165, 1.54) is 11.1 Å². The van der Waals surface area contributed by atoms with Crippen LogP contribution in [0.25, 0.3) is 0 Å². The Bertz CT molecular complexity index is 882. The number of carboxylic acids is 1. The molecule has 0 unspecified atom stereocenters. The Labute approximate surface area is 206 Å². The number of hydrogen-bond donors (Lipinski definition) is 3. The molecule has 9 atom stereocenters. The van der Waals surface area contributed by atoms with Crippen LogP contribution in [-0.4, -0.2) is 33.5 Å². The highest BCUT2D eigenvalue weighted by Crippen LogP contribution is 2.73. The monoisotopic (exact) mass is 472 g/mol. The molecular weight excluding hydrogens is 424 g/mol. The summed E-state index contributed by atoms with van der Waals surface area (Å²) in [5, 5.41) is 32.5. The Hall–Kier alpha value is -1.13. The summed E-state index contributed by atoms with van der Waals surface area (Å²) in [6, 6.07) is 0. The number of carbonyl (C=O) groups is 1. The number of fused-ring (bicyclic) bond motifs is 5. The second-order valence-corrected chi connectivity index (χ2v) is 13.8. The highest BCUT2D eigenvalue weighted by Gasteiger charge is 2.68. The van der Waals surface area contributed by atoms with Gasteiger partial charge in [-0.15, -0.1) is 0 Å². The molecule has 0 heterocycles. The molecule has 3 N–H and O–H groups in total. The lowest BCUT2D eigenvalue weighted by Gasteiger charge is -2.64. The average molecular weight is 473 g/mol. The van der Waals surface area contributed by atoms with Crippen LogP contribution in [0.15, 0.2) is 23.3 Å². The van der Waals surface area contributed by atoms with Crippen molar-refractivity contribution in [3.05, 3.63) is 23.3 Å². The van der Waals surface area contributed by atoms with E-state index >= 15 is 0 Å². The first-order chi connectivity index (χ1) is 15.7. The van der Waals surface area contributed by atoms with Gasteiger partial charge in [-0.3, -0.25) is 4.79 Å². The standard InChI is InChI=1S/C30H48O4/c1-18(2)9-8-10-19(26(33)34)25-22(31)17-30(7)21-11-12-23-27(3,4)24(32)14-15-28(23,5)20(21)13-16-29(25,30)6/h9,11,19-20,22-25,31-32H,8,10,12-17H2,1-7H3,(H,33,34)/t19-,20-,22-,23-,24+,25+,28+,29-,30+/m0/s1. The number of hydrogen-bond acceptors (Lipinski definition) is 3. The molecule has 0 aromatic heterocycles. The largest absolute Gasteiger partial charge is 0.481 e. The first-order valence-corrected chi connectivity index (χ1v) is 13.6. The van der Waals surface area contributed by atoms with Crippen molar-refractivity contribution in [3.8, 4) is 0 Å². The minimum Gasteiger partial charge on any atom is -0.481 e. The predicted octanol–water partition coefficient (Wildman–Crippen LogP) is 6.37. The van der Waals surface area contributed by atoms with Gasteiger partial charge < -0.3 is 15.3 Å². The molecule has 0 bridgehead atoms. The number of aliphatic hydroxyl groups is 2. The summed E-state index contributed by atoms with van der Waals surface area (Å²) in [6.45, 7) is 15.7.